The van der Waals surface area contributed by atoms with Gasteiger partial charge in [0.2, 0.25) is 12.6 Å². The van der Waals surface area contributed by atoms with Crippen LogP contribution in [0.25, 0.3) is 0 Å². The number of hydrogen-bond acceptors (Lipinski definition) is 6. The number of rotatable bonds is 8. The summed E-state index contributed by atoms with van der Waals surface area (Å²) in [4.78, 5) is 23.6. The molecule has 0 rings (SSSR count). The smallest absolute Gasteiger partial charge is 0.224 e. The van der Waals surface area contributed by atoms with Crippen LogP contribution in [-0.4, -0.2) is 23.4 Å². The Bertz CT molecular complexity index is 167. The highest BCUT2D eigenvalue weighted by Crippen LogP contribution is 2.13. The van der Waals surface area contributed by atoms with E-state index in [0.717, 1.165) is 6.42 Å². The Kier molecular flexibility index (Phi) is 7.82. The summed E-state index contributed by atoms with van der Waals surface area (Å²) >= 11 is 0. The summed E-state index contributed by atoms with van der Waals surface area (Å²) in [6, 6.07) is 0. The lowest BCUT2D eigenvalue weighted by Gasteiger charge is -2.22. The van der Waals surface area contributed by atoms with Gasteiger partial charge in [-0.3, -0.25) is 0 Å². The molecule has 0 saturated heterocycles. The summed E-state index contributed by atoms with van der Waals surface area (Å²) in [5.41, 5.74) is -0.422. The van der Waals surface area contributed by atoms with Gasteiger partial charge >= 0.3 is 0 Å². The topological polar surface area (TPSA) is 66.4 Å². The van der Waals surface area contributed by atoms with Gasteiger partial charge in [0.1, 0.15) is 0 Å². The summed E-state index contributed by atoms with van der Waals surface area (Å²) in [7, 11) is 0. The normalized spacial score (nSPS) is 16.1. The average molecular weight is 238 g/mol. The first kappa shape index (κ1) is 15.8. The van der Waals surface area contributed by atoms with Gasteiger partial charge in [-0.2, -0.15) is 9.78 Å². The Hall–Kier alpha value is -0.240. The maximum atomic E-state index is 8.26. The summed E-state index contributed by atoms with van der Waals surface area (Å²) in [6.45, 7) is 9.03. The van der Waals surface area contributed by atoms with Crippen LogP contribution in [0, 0.1) is 0 Å². The Labute approximate surface area is 96.2 Å². The van der Waals surface area contributed by atoms with Crippen molar-refractivity contribution in [3.63, 3.8) is 0 Å². The average Bonchev–Trinajstić information content (AvgIpc) is 2.20. The Morgan fingerprint density at radius 3 is 2.19 bits per heavy atom. The molecule has 98 valence electrons. The highest BCUT2D eigenvalue weighted by Gasteiger charge is 2.18. The van der Waals surface area contributed by atoms with E-state index in [0.29, 0.717) is 6.42 Å². The quantitative estimate of drug-likeness (QED) is 0.398. The Morgan fingerprint density at radius 2 is 1.75 bits per heavy atom. The van der Waals surface area contributed by atoms with Crippen molar-refractivity contribution in [2.24, 2.45) is 0 Å². The van der Waals surface area contributed by atoms with Gasteiger partial charge in [-0.15, -0.1) is 0 Å². The molecule has 0 radical (unpaired) electrons. The van der Waals surface area contributed by atoms with E-state index >= 15 is 0 Å². The first-order valence-corrected chi connectivity index (χ1v) is 5.36. The molecule has 0 aliphatic heterocycles. The van der Waals surface area contributed by atoms with E-state index in [1.54, 1.807) is 0 Å². The van der Waals surface area contributed by atoms with Gasteiger partial charge in [0.05, 0.1) is 5.60 Å². The molecule has 6 heteroatoms. The zero-order chi connectivity index (χ0) is 12.6. The van der Waals surface area contributed by atoms with Crippen molar-refractivity contribution in [1.29, 1.82) is 0 Å². The van der Waals surface area contributed by atoms with Gasteiger partial charge in [0, 0.05) is 6.42 Å². The highest BCUT2D eigenvalue weighted by atomic mass is 17.3. The molecular formula is C10H22O6. The zero-order valence-corrected chi connectivity index (χ0v) is 10.6. The maximum absolute atomic E-state index is 8.26. The SMILES string of the molecule is CCCC(OOC(C)OO)OOC(C)(C)C. The lowest BCUT2D eigenvalue weighted by molar-refractivity contribution is -0.522. The molecular weight excluding hydrogens is 216 g/mol. The van der Waals surface area contributed by atoms with Crippen molar-refractivity contribution >= 4 is 0 Å². The van der Waals surface area contributed by atoms with Crippen molar-refractivity contribution in [3.05, 3.63) is 0 Å². The van der Waals surface area contributed by atoms with Gasteiger partial charge in [-0.1, -0.05) is 13.3 Å². The molecule has 2 atom stereocenters. The lowest BCUT2D eigenvalue weighted by atomic mass is 10.2. The lowest BCUT2D eigenvalue weighted by Crippen LogP contribution is -2.27. The molecule has 0 aromatic rings. The molecule has 0 amide bonds. The van der Waals surface area contributed by atoms with E-state index in [-0.39, 0.29) is 0 Å². The van der Waals surface area contributed by atoms with Crippen LogP contribution in [0.15, 0.2) is 0 Å². The van der Waals surface area contributed by atoms with Gasteiger partial charge < -0.3 is 0 Å². The van der Waals surface area contributed by atoms with Crippen LogP contribution in [0.4, 0.5) is 0 Å². The molecule has 1 N–H and O–H groups in total. The van der Waals surface area contributed by atoms with E-state index in [1.165, 1.54) is 6.92 Å². The molecule has 0 bridgehead atoms. The Balaban J connectivity index is 3.88. The summed E-state index contributed by atoms with van der Waals surface area (Å²) in [6.07, 6.45) is -0.0798. The molecule has 0 spiro atoms. The molecule has 0 fully saturated rings. The van der Waals surface area contributed by atoms with Gasteiger partial charge in [-0.25, -0.2) is 19.9 Å². The summed E-state index contributed by atoms with van der Waals surface area (Å²) < 4.78 is 0. The number of hydrogen-bond donors (Lipinski definition) is 1. The van der Waals surface area contributed by atoms with Crippen molar-refractivity contribution < 1.29 is 29.7 Å². The zero-order valence-electron chi connectivity index (χ0n) is 10.6. The monoisotopic (exact) mass is 238 g/mol. The predicted octanol–water partition coefficient (Wildman–Crippen LogP) is 2.64. The van der Waals surface area contributed by atoms with Crippen molar-refractivity contribution in [2.45, 2.75) is 65.6 Å². The standard InChI is InChI=1S/C10H22O6/c1-6-7-9(14-13-8(2)12-11)15-16-10(3,4)5/h8-9,11H,6-7H2,1-5H3. The van der Waals surface area contributed by atoms with Crippen LogP contribution in [0.3, 0.4) is 0 Å². The van der Waals surface area contributed by atoms with Crippen LogP contribution in [-0.2, 0) is 24.4 Å². The fraction of sp³-hybridized carbons (Fsp3) is 1.00. The minimum absolute atomic E-state index is 0.422. The molecule has 0 aliphatic rings. The third kappa shape index (κ3) is 9.02. The first-order chi connectivity index (χ1) is 7.39. The van der Waals surface area contributed by atoms with E-state index < -0.39 is 18.2 Å². The van der Waals surface area contributed by atoms with E-state index in [4.69, 9.17) is 24.8 Å². The molecule has 0 heterocycles. The van der Waals surface area contributed by atoms with Gasteiger partial charge in [0.25, 0.3) is 0 Å². The van der Waals surface area contributed by atoms with Crippen LogP contribution < -0.4 is 0 Å². The Morgan fingerprint density at radius 1 is 1.12 bits per heavy atom. The first-order valence-electron chi connectivity index (χ1n) is 5.36. The molecule has 6 nitrogen and oxygen atoms in total. The fourth-order valence-corrected chi connectivity index (χ4v) is 0.704. The fourth-order valence-electron chi connectivity index (χ4n) is 0.704. The second kappa shape index (κ2) is 7.94. The molecule has 0 saturated carbocycles. The molecule has 16 heavy (non-hydrogen) atoms. The van der Waals surface area contributed by atoms with E-state index in [2.05, 4.69) is 4.89 Å². The van der Waals surface area contributed by atoms with Crippen LogP contribution in [0.5, 0.6) is 0 Å². The van der Waals surface area contributed by atoms with Crippen molar-refractivity contribution in [2.75, 3.05) is 0 Å². The van der Waals surface area contributed by atoms with Gasteiger partial charge in [-0.05, 0) is 27.7 Å². The van der Waals surface area contributed by atoms with E-state index in [9.17, 15) is 0 Å². The maximum Gasteiger partial charge on any atom is 0.224 e. The third-order valence-corrected chi connectivity index (χ3v) is 1.38. The minimum Gasteiger partial charge on any atom is -0.249 e. The molecule has 2 unspecified atom stereocenters. The largest absolute Gasteiger partial charge is 0.249 e. The predicted molar refractivity (Wildman–Crippen MR) is 56.0 cm³/mol. The second-order valence-electron chi connectivity index (χ2n) is 4.38. The molecule has 0 aliphatic carbocycles. The second-order valence-corrected chi connectivity index (χ2v) is 4.38. The van der Waals surface area contributed by atoms with E-state index in [1.807, 2.05) is 27.7 Å². The molecule has 0 aromatic carbocycles. The minimum atomic E-state index is -0.877. The summed E-state index contributed by atoms with van der Waals surface area (Å²) in [5.74, 6) is 0. The third-order valence-electron chi connectivity index (χ3n) is 1.38. The van der Waals surface area contributed by atoms with Crippen LogP contribution in [0.2, 0.25) is 0 Å². The van der Waals surface area contributed by atoms with Gasteiger partial charge in [0.15, 0.2) is 0 Å². The molecule has 0 aromatic heterocycles. The van der Waals surface area contributed by atoms with Crippen molar-refractivity contribution in [1.82, 2.24) is 0 Å². The van der Waals surface area contributed by atoms with Crippen LogP contribution >= 0.6 is 0 Å². The highest BCUT2D eigenvalue weighted by molar-refractivity contribution is 4.54. The van der Waals surface area contributed by atoms with Crippen molar-refractivity contribution in [3.8, 4) is 0 Å². The summed E-state index contributed by atoms with van der Waals surface area (Å²) in [5, 5.41) is 8.26. The van der Waals surface area contributed by atoms with Crippen LogP contribution in [0.1, 0.15) is 47.5 Å².